The van der Waals surface area contributed by atoms with Crippen molar-refractivity contribution in [2.45, 2.75) is 6.42 Å². The fourth-order valence-corrected chi connectivity index (χ4v) is 4.45. The van der Waals surface area contributed by atoms with Crippen LogP contribution >= 0.6 is 34.3 Å². The van der Waals surface area contributed by atoms with Crippen LogP contribution in [0, 0.1) is 0 Å². The fraction of sp³-hybridized carbons (Fsp3) is 0.0588. The second-order valence-electron chi connectivity index (χ2n) is 5.64. The molecule has 0 amide bonds. The van der Waals surface area contributed by atoms with Crippen molar-refractivity contribution in [2.75, 3.05) is 0 Å². The molecule has 0 saturated heterocycles. The van der Waals surface area contributed by atoms with Crippen LogP contribution in [0.1, 0.15) is 9.88 Å². The Labute approximate surface area is 161 Å². The molecule has 0 bridgehead atoms. The Morgan fingerprint density at radius 1 is 1.12 bits per heavy atom. The summed E-state index contributed by atoms with van der Waals surface area (Å²) in [5.41, 5.74) is 2.58. The van der Waals surface area contributed by atoms with Crippen LogP contribution in [0.4, 0.5) is 0 Å². The molecule has 0 aliphatic heterocycles. The van der Waals surface area contributed by atoms with E-state index in [0.717, 1.165) is 33.3 Å². The van der Waals surface area contributed by atoms with Gasteiger partial charge in [-0.3, -0.25) is 5.10 Å². The van der Waals surface area contributed by atoms with Gasteiger partial charge in [-0.15, -0.1) is 21.5 Å². The highest BCUT2D eigenvalue weighted by Crippen LogP contribution is 2.26. The molecule has 0 saturated carbocycles. The number of aromatic nitrogens is 6. The molecular formula is C17H11ClN6S2. The highest BCUT2D eigenvalue weighted by atomic mass is 35.5. The molecule has 26 heavy (non-hydrogen) atoms. The molecule has 1 aromatic carbocycles. The van der Waals surface area contributed by atoms with E-state index in [9.17, 15) is 0 Å². The maximum absolute atomic E-state index is 5.95. The number of H-pyrrole nitrogens is 1. The third kappa shape index (κ3) is 2.82. The van der Waals surface area contributed by atoms with Gasteiger partial charge in [0.15, 0.2) is 0 Å². The molecule has 9 heteroatoms. The van der Waals surface area contributed by atoms with Crippen LogP contribution in [0.3, 0.4) is 0 Å². The molecule has 0 radical (unpaired) electrons. The summed E-state index contributed by atoms with van der Waals surface area (Å²) in [4.78, 5) is 2.05. The molecule has 0 fully saturated rings. The molecule has 128 valence electrons. The third-order valence-electron chi connectivity index (χ3n) is 3.90. The van der Waals surface area contributed by atoms with Crippen molar-refractivity contribution in [3.8, 4) is 22.8 Å². The number of rotatable bonds is 4. The van der Waals surface area contributed by atoms with E-state index in [0.29, 0.717) is 10.8 Å². The van der Waals surface area contributed by atoms with Gasteiger partial charge < -0.3 is 0 Å². The van der Waals surface area contributed by atoms with E-state index >= 15 is 0 Å². The normalized spacial score (nSPS) is 11.4. The van der Waals surface area contributed by atoms with Crippen molar-refractivity contribution in [3.63, 3.8) is 0 Å². The zero-order valence-electron chi connectivity index (χ0n) is 13.3. The first-order valence-corrected chi connectivity index (χ1v) is 9.89. The summed E-state index contributed by atoms with van der Waals surface area (Å²) >= 11 is 9.23. The highest BCUT2D eigenvalue weighted by molar-refractivity contribution is 7.17. The highest BCUT2D eigenvalue weighted by Gasteiger charge is 2.16. The van der Waals surface area contributed by atoms with E-state index in [1.165, 1.54) is 4.88 Å². The lowest BCUT2D eigenvalue weighted by Gasteiger charge is -1.95. The van der Waals surface area contributed by atoms with Crippen molar-refractivity contribution in [2.24, 2.45) is 0 Å². The minimum Gasteiger partial charge on any atom is -0.274 e. The molecule has 6 nitrogen and oxygen atoms in total. The number of halogens is 1. The first-order chi connectivity index (χ1) is 12.8. The van der Waals surface area contributed by atoms with Gasteiger partial charge in [0, 0.05) is 21.9 Å². The Morgan fingerprint density at radius 2 is 2.00 bits per heavy atom. The summed E-state index contributed by atoms with van der Waals surface area (Å²) < 4.78 is 1.77. The molecule has 5 rings (SSSR count). The number of nitrogens with zero attached hydrogens (tertiary/aromatic N) is 5. The van der Waals surface area contributed by atoms with Crippen LogP contribution in [0.2, 0.25) is 5.02 Å². The van der Waals surface area contributed by atoms with Crippen molar-refractivity contribution in [1.82, 2.24) is 30.0 Å². The lowest BCUT2D eigenvalue weighted by Crippen LogP contribution is -1.93. The van der Waals surface area contributed by atoms with Crippen LogP contribution in [0.25, 0.3) is 27.7 Å². The zero-order valence-corrected chi connectivity index (χ0v) is 15.6. The fourth-order valence-electron chi connectivity index (χ4n) is 2.66. The quantitative estimate of drug-likeness (QED) is 0.482. The Balaban J connectivity index is 1.49. The van der Waals surface area contributed by atoms with Crippen molar-refractivity contribution in [1.29, 1.82) is 0 Å². The topological polar surface area (TPSA) is 71.8 Å². The van der Waals surface area contributed by atoms with Crippen molar-refractivity contribution >= 4 is 39.2 Å². The lowest BCUT2D eigenvalue weighted by molar-refractivity contribution is 0.913. The average Bonchev–Trinajstić information content (AvgIpc) is 3.40. The predicted molar refractivity (Wildman–Crippen MR) is 104 cm³/mol. The maximum atomic E-state index is 5.95. The Morgan fingerprint density at radius 3 is 2.81 bits per heavy atom. The number of nitrogens with one attached hydrogen (secondary N) is 1. The van der Waals surface area contributed by atoms with Gasteiger partial charge in [-0.1, -0.05) is 41.1 Å². The van der Waals surface area contributed by atoms with Gasteiger partial charge in [0.25, 0.3) is 0 Å². The molecular weight excluding hydrogens is 388 g/mol. The smallest absolute Gasteiger partial charge is 0.235 e. The Bertz CT molecular complexity index is 1170. The van der Waals surface area contributed by atoms with Gasteiger partial charge in [-0.25, -0.2) is 0 Å². The van der Waals surface area contributed by atoms with E-state index in [1.54, 1.807) is 27.2 Å². The van der Waals surface area contributed by atoms with Crippen LogP contribution in [0.5, 0.6) is 0 Å². The minimum atomic E-state index is 0.654. The number of hydrogen-bond acceptors (Lipinski definition) is 6. The van der Waals surface area contributed by atoms with E-state index in [-0.39, 0.29) is 0 Å². The van der Waals surface area contributed by atoms with Crippen molar-refractivity contribution in [3.05, 3.63) is 62.8 Å². The lowest BCUT2D eigenvalue weighted by atomic mass is 10.1. The predicted octanol–water partition coefficient (Wildman–Crippen LogP) is 4.55. The van der Waals surface area contributed by atoms with E-state index < -0.39 is 0 Å². The summed E-state index contributed by atoms with van der Waals surface area (Å²) in [6.07, 6.45) is 0.810. The van der Waals surface area contributed by atoms with Gasteiger partial charge in [0.2, 0.25) is 10.8 Å². The van der Waals surface area contributed by atoms with Crippen LogP contribution in [-0.2, 0) is 6.42 Å². The van der Waals surface area contributed by atoms with Crippen LogP contribution in [0.15, 0.2) is 47.8 Å². The summed E-state index contributed by atoms with van der Waals surface area (Å²) in [7, 11) is 0. The maximum Gasteiger partial charge on any atom is 0.235 e. The Hall–Kier alpha value is -2.55. The first kappa shape index (κ1) is 15.7. The summed E-state index contributed by atoms with van der Waals surface area (Å²) in [6, 6.07) is 13.7. The summed E-state index contributed by atoms with van der Waals surface area (Å²) in [5, 5.41) is 24.4. The molecule has 4 aromatic heterocycles. The largest absolute Gasteiger partial charge is 0.274 e. The zero-order chi connectivity index (χ0) is 17.5. The molecule has 0 aliphatic carbocycles. The Kier molecular flexibility index (Phi) is 3.81. The first-order valence-electron chi connectivity index (χ1n) is 7.81. The summed E-state index contributed by atoms with van der Waals surface area (Å²) in [6.45, 7) is 0. The van der Waals surface area contributed by atoms with Gasteiger partial charge in [-0.2, -0.15) is 14.7 Å². The summed E-state index contributed by atoms with van der Waals surface area (Å²) in [5.74, 6) is 0.654. The number of benzene rings is 1. The van der Waals surface area contributed by atoms with E-state index in [4.69, 9.17) is 11.6 Å². The molecule has 0 aliphatic rings. The monoisotopic (exact) mass is 398 g/mol. The molecule has 0 atom stereocenters. The molecule has 0 unspecified atom stereocenters. The molecule has 1 N–H and O–H groups in total. The van der Waals surface area contributed by atoms with Gasteiger partial charge >= 0.3 is 0 Å². The second-order valence-corrected chi connectivity index (χ2v) is 8.15. The SMILES string of the molecule is Clc1ccc(-c2cc(-c3nnc4sc(Cc5cccs5)nn34)[nH]n2)cc1. The van der Waals surface area contributed by atoms with Gasteiger partial charge in [0.1, 0.15) is 10.7 Å². The van der Waals surface area contributed by atoms with E-state index in [1.807, 2.05) is 30.3 Å². The number of thiophene rings is 1. The standard InChI is InChI=1S/C17H11ClN6S2/c18-11-5-3-10(4-6-11)13-9-14(20-19-13)16-21-22-17-24(16)23-15(26-17)8-12-2-1-7-25-12/h1-7,9H,8H2,(H,19,20). The van der Waals surface area contributed by atoms with Crippen molar-refractivity contribution < 1.29 is 0 Å². The van der Waals surface area contributed by atoms with Gasteiger partial charge in [0.05, 0.1) is 5.69 Å². The van der Waals surface area contributed by atoms with Crippen LogP contribution in [-0.4, -0.2) is 30.0 Å². The molecule has 0 spiro atoms. The number of fused-ring (bicyclic) bond motifs is 1. The number of aromatic amines is 1. The average molecular weight is 399 g/mol. The van der Waals surface area contributed by atoms with Crippen LogP contribution < -0.4 is 0 Å². The third-order valence-corrected chi connectivity index (χ3v) is 5.92. The number of hydrogen-bond donors (Lipinski definition) is 1. The second kappa shape index (κ2) is 6.31. The molecule has 4 heterocycles. The minimum absolute atomic E-state index is 0.654. The molecule has 5 aromatic rings. The van der Waals surface area contributed by atoms with E-state index in [2.05, 4.69) is 43.0 Å². The van der Waals surface area contributed by atoms with Gasteiger partial charge in [-0.05, 0) is 29.6 Å².